The molecule has 0 fully saturated rings. The highest BCUT2D eigenvalue weighted by Crippen LogP contribution is 2.31. The van der Waals surface area contributed by atoms with E-state index >= 15 is 0 Å². The van der Waals surface area contributed by atoms with Gasteiger partial charge in [-0.15, -0.1) is 11.3 Å². The molecule has 0 radical (unpaired) electrons. The first-order valence-corrected chi connectivity index (χ1v) is 15.1. The van der Waals surface area contributed by atoms with E-state index in [1.807, 2.05) is 30.3 Å². The highest BCUT2D eigenvalue weighted by molar-refractivity contribution is 7.92. The summed E-state index contributed by atoms with van der Waals surface area (Å²) in [5.41, 5.74) is 2.36. The number of hydrogen-bond donors (Lipinski definition) is 3. The Morgan fingerprint density at radius 3 is 2.28 bits per heavy atom. The molecule has 0 saturated heterocycles. The Kier molecular flexibility index (Phi) is 9.47. The van der Waals surface area contributed by atoms with Crippen LogP contribution in [0.2, 0.25) is 10.0 Å². The van der Waals surface area contributed by atoms with Gasteiger partial charge in [0.15, 0.2) is 5.11 Å². The molecule has 3 aromatic carbocycles. The monoisotopic (exact) mass is 619 g/mol. The molecule has 7 nitrogen and oxygen atoms in total. The molecule has 0 aliphatic heterocycles. The lowest BCUT2D eigenvalue weighted by Gasteiger charge is -2.12. The van der Waals surface area contributed by atoms with E-state index in [1.165, 1.54) is 41.7 Å². The minimum Gasteiger partial charge on any atom is -0.462 e. The number of halogens is 2. The van der Waals surface area contributed by atoms with Crippen molar-refractivity contribution in [3.05, 3.63) is 105 Å². The van der Waals surface area contributed by atoms with Crippen LogP contribution >= 0.6 is 46.8 Å². The van der Waals surface area contributed by atoms with Crippen LogP contribution in [0.25, 0.3) is 0 Å². The summed E-state index contributed by atoms with van der Waals surface area (Å²) >= 11 is 18.7. The van der Waals surface area contributed by atoms with Crippen LogP contribution in [0.5, 0.6) is 0 Å². The van der Waals surface area contributed by atoms with Gasteiger partial charge in [-0.25, -0.2) is 13.2 Å². The molecule has 0 aliphatic carbocycles. The van der Waals surface area contributed by atoms with Crippen molar-refractivity contribution in [2.45, 2.75) is 18.2 Å². The second-order valence-electron chi connectivity index (χ2n) is 8.18. The van der Waals surface area contributed by atoms with E-state index in [1.54, 1.807) is 25.1 Å². The number of thiocarbonyl (C=S) groups is 1. The van der Waals surface area contributed by atoms with Gasteiger partial charge in [0.1, 0.15) is 5.00 Å². The molecule has 0 bridgehead atoms. The molecular weight excluding hydrogens is 597 g/mol. The third-order valence-electron chi connectivity index (χ3n) is 5.32. The summed E-state index contributed by atoms with van der Waals surface area (Å²) in [4.78, 5) is 13.6. The quantitative estimate of drug-likeness (QED) is 0.132. The SMILES string of the molecule is CCOC(=O)c1cc(Cc2ccccc2)sc1NC(=S)Nc1ccc(S(=O)(=O)Nc2ccc(Cl)c(Cl)c2)cc1. The van der Waals surface area contributed by atoms with Gasteiger partial charge in [-0.05, 0) is 73.2 Å². The molecule has 4 rings (SSSR count). The van der Waals surface area contributed by atoms with Crippen LogP contribution in [-0.4, -0.2) is 26.1 Å². The second-order valence-corrected chi connectivity index (χ2v) is 12.2. The van der Waals surface area contributed by atoms with Crippen molar-refractivity contribution in [3.63, 3.8) is 0 Å². The van der Waals surface area contributed by atoms with E-state index in [4.69, 9.17) is 40.2 Å². The van der Waals surface area contributed by atoms with Gasteiger partial charge in [-0.1, -0.05) is 53.5 Å². The zero-order valence-electron chi connectivity index (χ0n) is 20.5. The Hall–Kier alpha value is -3.15. The fourth-order valence-corrected chi connectivity index (χ4v) is 6.25. The molecule has 0 saturated carbocycles. The highest BCUT2D eigenvalue weighted by atomic mass is 35.5. The van der Waals surface area contributed by atoms with Crippen LogP contribution in [0.15, 0.2) is 83.8 Å². The van der Waals surface area contributed by atoms with Crippen molar-refractivity contribution in [3.8, 4) is 0 Å². The topological polar surface area (TPSA) is 96.5 Å². The zero-order valence-corrected chi connectivity index (χ0v) is 24.5. The lowest BCUT2D eigenvalue weighted by atomic mass is 10.1. The smallest absolute Gasteiger partial charge is 0.341 e. The first kappa shape index (κ1) is 28.8. The molecule has 1 aromatic heterocycles. The maximum Gasteiger partial charge on any atom is 0.341 e. The average Bonchev–Trinajstić information content (AvgIpc) is 3.29. The standard InChI is InChI=1S/C27H23Cl2N3O4S3/c1-2-36-26(33)22-16-20(14-17-6-4-3-5-7-17)38-25(22)31-27(37)30-18-8-11-21(12-9-18)39(34,35)32-19-10-13-23(28)24(29)15-19/h3-13,15-16,32H,2,14H2,1H3,(H2,30,31,37). The van der Waals surface area contributed by atoms with E-state index in [0.717, 1.165) is 10.4 Å². The maximum absolute atomic E-state index is 12.8. The van der Waals surface area contributed by atoms with Crippen molar-refractivity contribution >= 4 is 84.2 Å². The number of carbonyl (C=O) groups is 1. The minimum atomic E-state index is -3.86. The number of thiophene rings is 1. The van der Waals surface area contributed by atoms with Crippen molar-refractivity contribution in [2.24, 2.45) is 0 Å². The highest BCUT2D eigenvalue weighted by Gasteiger charge is 2.19. The molecule has 202 valence electrons. The number of nitrogens with one attached hydrogen (secondary N) is 3. The Bertz CT molecular complexity index is 1590. The summed E-state index contributed by atoms with van der Waals surface area (Å²) < 4.78 is 33.2. The number of sulfonamides is 1. The van der Waals surface area contributed by atoms with Gasteiger partial charge in [0.2, 0.25) is 0 Å². The predicted molar refractivity (Wildman–Crippen MR) is 163 cm³/mol. The molecule has 4 aromatic rings. The molecule has 1 heterocycles. The number of ether oxygens (including phenoxy) is 1. The number of carbonyl (C=O) groups excluding carboxylic acids is 1. The van der Waals surface area contributed by atoms with Crippen molar-refractivity contribution < 1.29 is 17.9 Å². The molecule has 0 atom stereocenters. The number of rotatable bonds is 9. The molecule has 39 heavy (non-hydrogen) atoms. The fourth-order valence-electron chi connectivity index (χ4n) is 3.54. The molecular formula is C27H23Cl2N3O4S3. The van der Waals surface area contributed by atoms with Crippen molar-refractivity contribution in [1.82, 2.24) is 0 Å². The van der Waals surface area contributed by atoms with E-state index in [9.17, 15) is 13.2 Å². The first-order chi connectivity index (χ1) is 18.6. The summed E-state index contributed by atoms with van der Waals surface area (Å²) in [6.07, 6.45) is 0.659. The zero-order chi connectivity index (χ0) is 28.0. The van der Waals surface area contributed by atoms with E-state index in [0.29, 0.717) is 27.7 Å². The summed E-state index contributed by atoms with van der Waals surface area (Å²) in [6, 6.07) is 22.2. The fraction of sp³-hybridized carbons (Fsp3) is 0.111. The van der Waals surface area contributed by atoms with E-state index in [-0.39, 0.29) is 27.3 Å². The van der Waals surface area contributed by atoms with Crippen LogP contribution < -0.4 is 15.4 Å². The van der Waals surface area contributed by atoms with Gasteiger partial charge in [-0.3, -0.25) is 4.72 Å². The van der Waals surface area contributed by atoms with Crippen LogP contribution in [0.3, 0.4) is 0 Å². The largest absolute Gasteiger partial charge is 0.462 e. The predicted octanol–water partition coefficient (Wildman–Crippen LogP) is 7.43. The Morgan fingerprint density at radius 2 is 1.62 bits per heavy atom. The number of hydrogen-bond acceptors (Lipinski definition) is 6. The van der Waals surface area contributed by atoms with Gasteiger partial charge in [0, 0.05) is 17.0 Å². The minimum absolute atomic E-state index is 0.0476. The molecule has 0 spiro atoms. The molecule has 12 heteroatoms. The summed E-state index contributed by atoms with van der Waals surface area (Å²) in [5, 5.41) is 7.45. The van der Waals surface area contributed by atoms with Gasteiger partial charge >= 0.3 is 5.97 Å². The number of esters is 1. The molecule has 0 aliphatic rings. The summed E-state index contributed by atoms with van der Waals surface area (Å²) in [6.45, 7) is 2.00. The number of benzene rings is 3. The van der Waals surface area contributed by atoms with Gasteiger partial charge in [0.05, 0.1) is 32.8 Å². The van der Waals surface area contributed by atoms with E-state index in [2.05, 4.69) is 15.4 Å². The Labute approximate surface area is 246 Å². The third-order valence-corrected chi connectivity index (χ3v) is 8.71. The Balaban J connectivity index is 1.45. The maximum atomic E-state index is 12.8. The van der Waals surface area contributed by atoms with E-state index < -0.39 is 16.0 Å². The first-order valence-electron chi connectivity index (χ1n) is 11.6. The second kappa shape index (κ2) is 12.8. The lowest BCUT2D eigenvalue weighted by molar-refractivity contribution is 0.0528. The van der Waals surface area contributed by atoms with Crippen LogP contribution in [0.4, 0.5) is 16.4 Å². The normalized spacial score (nSPS) is 11.1. The van der Waals surface area contributed by atoms with Crippen molar-refractivity contribution in [2.75, 3.05) is 22.0 Å². The molecule has 0 unspecified atom stereocenters. The molecule has 0 amide bonds. The van der Waals surface area contributed by atoms with Crippen LogP contribution in [0.1, 0.15) is 27.7 Å². The molecule has 3 N–H and O–H groups in total. The average molecular weight is 621 g/mol. The number of anilines is 3. The lowest BCUT2D eigenvalue weighted by Crippen LogP contribution is -2.20. The van der Waals surface area contributed by atoms with Crippen LogP contribution in [-0.2, 0) is 21.2 Å². The van der Waals surface area contributed by atoms with Gasteiger partial charge in [0.25, 0.3) is 10.0 Å². The third kappa shape index (κ3) is 7.71. The van der Waals surface area contributed by atoms with Gasteiger partial charge in [-0.2, -0.15) is 0 Å². The van der Waals surface area contributed by atoms with Crippen molar-refractivity contribution in [1.29, 1.82) is 0 Å². The summed E-state index contributed by atoms with van der Waals surface area (Å²) in [7, 11) is -3.86. The van der Waals surface area contributed by atoms with Gasteiger partial charge < -0.3 is 15.4 Å². The summed E-state index contributed by atoms with van der Waals surface area (Å²) in [5.74, 6) is -0.442. The Morgan fingerprint density at radius 1 is 0.923 bits per heavy atom. The van der Waals surface area contributed by atoms with Crippen LogP contribution in [0, 0.1) is 0 Å².